The molecule has 0 rings (SSSR count). The first-order valence-electron chi connectivity index (χ1n) is 1.28. The number of thiocyanates is 3. The van der Waals surface area contributed by atoms with Gasteiger partial charge in [0, 0.05) is 0 Å². The molecule has 0 aliphatic carbocycles. The molecule has 50 valence electrons. The first kappa shape index (κ1) is 22.5. The summed E-state index contributed by atoms with van der Waals surface area (Å²) >= 11 is 11.1. The van der Waals surface area contributed by atoms with Gasteiger partial charge in [0.25, 0.3) is 0 Å². The van der Waals surface area contributed by atoms with Crippen LogP contribution in [0.5, 0.6) is 0 Å². The van der Waals surface area contributed by atoms with Crippen LogP contribution in [0.2, 0.25) is 0 Å². The van der Waals surface area contributed by atoms with Crippen LogP contribution in [-0.4, -0.2) is 24.4 Å². The molecule has 0 aromatic rings. The second kappa shape index (κ2) is 65.0. The molecule has 10 heavy (non-hydrogen) atoms. The second-order valence-corrected chi connectivity index (χ2v) is 0.822. The van der Waals surface area contributed by atoms with Gasteiger partial charge in [-0.15, -0.1) is 0 Å². The van der Waals surface area contributed by atoms with Gasteiger partial charge >= 0.3 is 24.4 Å². The fourth-order valence-corrected chi connectivity index (χ4v) is 0. The van der Waals surface area contributed by atoms with Crippen LogP contribution < -0.4 is 0 Å². The van der Waals surface area contributed by atoms with Gasteiger partial charge in [-0.3, -0.25) is 0 Å². The van der Waals surface area contributed by atoms with Gasteiger partial charge in [-0.1, -0.05) is 16.2 Å². The summed E-state index contributed by atoms with van der Waals surface area (Å²) in [5.74, 6) is 0. The third-order valence-corrected chi connectivity index (χ3v) is 0. The Morgan fingerprint density at radius 3 is 0.700 bits per heavy atom. The van der Waals surface area contributed by atoms with Crippen molar-refractivity contribution in [3.8, 4) is 16.2 Å². The van der Waals surface area contributed by atoms with E-state index in [9.17, 15) is 0 Å². The van der Waals surface area contributed by atoms with Gasteiger partial charge in [0.15, 0.2) is 0 Å². The first-order valence-corrected chi connectivity index (χ1v) is 2.51. The smallest absolute Gasteiger partial charge is 0.696 e. The van der Waals surface area contributed by atoms with Crippen molar-refractivity contribution in [3.63, 3.8) is 0 Å². The van der Waals surface area contributed by atoms with Crippen molar-refractivity contribution in [1.82, 2.24) is 0 Å². The molecule has 0 fully saturated rings. The average molecular weight is 296 g/mol. The molecule has 0 saturated heterocycles. The molecule has 3 nitrogen and oxygen atoms in total. The number of nitrogens with zero attached hydrogens (tertiary/aromatic N) is 3. The molecule has 0 saturated carbocycles. The van der Waals surface area contributed by atoms with Gasteiger partial charge in [-0.05, 0) is 0 Å². The molecule has 7 heteroatoms. The Bertz CT molecular complexity index is 112. The van der Waals surface area contributed by atoms with Crippen LogP contribution >= 0.6 is 0 Å². The average Bonchev–Trinajstić information content (AvgIpc) is 1.70. The molecule has 0 spiro atoms. The number of nitriles is 3. The normalized spacial score (nSPS) is 2.10. The third kappa shape index (κ3) is 143000. The van der Waals surface area contributed by atoms with Crippen LogP contribution in [0.15, 0.2) is 0 Å². The first-order chi connectivity index (χ1) is 4.24. The standard InChI is InChI=1S/3CHNS.Sb/c3*2-1-3;/h3*3H;/q;;;+3/p-3. The van der Waals surface area contributed by atoms with Gasteiger partial charge in [0.1, 0.15) is 0 Å². The van der Waals surface area contributed by atoms with Crippen molar-refractivity contribution in [2.24, 2.45) is 0 Å². The van der Waals surface area contributed by atoms with Gasteiger partial charge in [0.05, 0.1) is 0 Å². The van der Waals surface area contributed by atoms with Crippen LogP contribution in [0, 0.1) is 32.0 Å². The molecule has 0 aromatic carbocycles. The molecule has 0 bridgehead atoms. The fraction of sp³-hybridized carbons (Fsp3) is 0. The van der Waals surface area contributed by atoms with E-state index >= 15 is 0 Å². The molecule has 0 aliphatic heterocycles. The minimum atomic E-state index is 0. The van der Waals surface area contributed by atoms with E-state index in [0.29, 0.717) is 0 Å². The summed E-state index contributed by atoms with van der Waals surface area (Å²) in [4.78, 5) is 0. The predicted molar refractivity (Wildman–Crippen MR) is 44.7 cm³/mol. The zero-order valence-electron chi connectivity index (χ0n) is 4.51. The molecule has 0 amide bonds. The van der Waals surface area contributed by atoms with Crippen molar-refractivity contribution in [1.29, 1.82) is 15.8 Å². The molecule has 0 aromatic heterocycles. The van der Waals surface area contributed by atoms with Gasteiger partial charge < -0.3 is 37.9 Å². The van der Waals surface area contributed by atoms with Crippen molar-refractivity contribution in [2.75, 3.05) is 0 Å². The van der Waals surface area contributed by atoms with E-state index in [0.717, 1.165) is 0 Å². The fourth-order valence-electron chi connectivity index (χ4n) is 0. The Hall–Kier alpha value is -0.0518. The Morgan fingerprint density at radius 2 is 0.700 bits per heavy atom. The SMILES string of the molecule is N#C[S-].N#C[S-].N#C[S-].[Sb+3]. The molecule has 0 heterocycles. The van der Waals surface area contributed by atoms with E-state index in [2.05, 4.69) is 37.9 Å². The maximum absolute atomic E-state index is 7.13. The van der Waals surface area contributed by atoms with Crippen molar-refractivity contribution in [3.05, 3.63) is 0 Å². The summed E-state index contributed by atoms with van der Waals surface area (Å²) < 4.78 is 0. The third-order valence-electron chi connectivity index (χ3n) is 0. The van der Waals surface area contributed by atoms with E-state index in [-0.39, 0.29) is 24.4 Å². The monoisotopic (exact) mass is 295 g/mol. The molecule has 0 unspecified atom stereocenters. The van der Waals surface area contributed by atoms with Crippen molar-refractivity contribution in [2.45, 2.75) is 0 Å². The molecule has 2 radical (unpaired) electrons. The van der Waals surface area contributed by atoms with E-state index in [4.69, 9.17) is 15.8 Å². The molecular formula is C3N3S3Sb. The predicted octanol–water partition coefficient (Wildman–Crippen LogP) is -0.338. The van der Waals surface area contributed by atoms with Crippen LogP contribution in [0.3, 0.4) is 0 Å². The molecule has 0 atom stereocenters. The molecule has 0 N–H and O–H groups in total. The molecular weight excluding hydrogens is 296 g/mol. The second-order valence-electron chi connectivity index (χ2n) is 0.274. The van der Waals surface area contributed by atoms with Crippen molar-refractivity contribution < 1.29 is 0 Å². The van der Waals surface area contributed by atoms with Crippen LogP contribution in [0.4, 0.5) is 0 Å². The summed E-state index contributed by atoms with van der Waals surface area (Å²) in [5, 5.41) is 25.4. The Kier molecular flexibility index (Phi) is 146. The Labute approximate surface area is 93.7 Å². The van der Waals surface area contributed by atoms with Gasteiger partial charge in [-0.25, -0.2) is 15.8 Å². The van der Waals surface area contributed by atoms with Gasteiger partial charge in [0.2, 0.25) is 0 Å². The zero-order chi connectivity index (χ0) is 8.12. The number of rotatable bonds is 0. The maximum Gasteiger partial charge on any atom is 3.00 e. The topological polar surface area (TPSA) is 71.4 Å². The van der Waals surface area contributed by atoms with Gasteiger partial charge in [-0.2, -0.15) is 0 Å². The maximum atomic E-state index is 7.13. The summed E-state index contributed by atoms with van der Waals surface area (Å²) in [6.07, 6.45) is 0. The summed E-state index contributed by atoms with van der Waals surface area (Å²) in [7, 11) is 0. The minimum Gasteiger partial charge on any atom is -0.696 e. The van der Waals surface area contributed by atoms with Crippen LogP contribution in [0.25, 0.3) is 0 Å². The van der Waals surface area contributed by atoms with Crippen LogP contribution in [0.1, 0.15) is 0 Å². The number of hydrogen-bond donors (Lipinski definition) is 0. The minimum absolute atomic E-state index is 0. The molecule has 0 aliphatic rings. The zero-order valence-corrected chi connectivity index (χ0v) is 9.52. The Balaban J connectivity index is -0.0000000257. The largest absolute Gasteiger partial charge is 3.00 e. The summed E-state index contributed by atoms with van der Waals surface area (Å²) in [6, 6.07) is 0. The summed E-state index contributed by atoms with van der Waals surface area (Å²) in [5.41, 5.74) is 0. The van der Waals surface area contributed by atoms with Crippen molar-refractivity contribution >= 4 is 62.3 Å². The Morgan fingerprint density at radius 1 is 0.700 bits per heavy atom. The quantitative estimate of drug-likeness (QED) is 0.346. The van der Waals surface area contributed by atoms with E-state index < -0.39 is 0 Å². The van der Waals surface area contributed by atoms with E-state index in [1.54, 1.807) is 0 Å². The number of hydrogen-bond acceptors (Lipinski definition) is 6. The van der Waals surface area contributed by atoms with E-state index in [1.165, 1.54) is 16.2 Å². The summed E-state index contributed by atoms with van der Waals surface area (Å²) in [6.45, 7) is 0. The van der Waals surface area contributed by atoms with Crippen LogP contribution in [-0.2, 0) is 37.9 Å². The van der Waals surface area contributed by atoms with E-state index in [1.807, 2.05) is 0 Å².